The molecule has 0 aromatic rings. The van der Waals surface area contributed by atoms with Gasteiger partial charge in [-0.25, -0.2) is 0 Å². The molecule has 0 aliphatic heterocycles. The summed E-state index contributed by atoms with van der Waals surface area (Å²) in [5, 5.41) is 3.32. The number of carbonyl (C=O) groups excluding carboxylic acids is 1. The van der Waals surface area contributed by atoms with Crippen LogP contribution in [0, 0.1) is 0 Å². The fraction of sp³-hybridized carbons (Fsp3) is 0.938. The molecule has 120 valence electrons. The van der Waals surface area contributed by atoms with Crippen molar-refractivity contribution >= 4 is 5.97 Å². The number of hydrogen-bond acceptors (Lipinski definition) is 4. The zero-order chi connectivity index (χ0) is 15.6. The molecule has 0 aliphatic carbocycles. The topological polar surface area (TPSA) is 47.6 Å². The maximum Gasteiger partial charge on any atom is 0.326 e. The lowest BCUT2D eigenvalue weighted by Crippen LogP contribution is -2.50. The SMILES string of the molecule is CCCNC(C)(CCCCOC(C)(C)C)C(=O)OCC. The summed E-state index contributed by atoms with van der Waals surface area (Å²) in [6, 6.07) is 0. The van der Waals surface area contributed by atoms with E-state index in [4.69, 9.17) is 9.47 Å². The largest absolute Gasteiger partial charge is 0.465 e. The van der Waals surface area contributed by atoms with Crippen molar-refractivity contribution in [2.75, 3.05) is 19.8 Å². The molecule has 4 nitrogen and oxygen atoms in total. The Hall–Kier alpha value is -0.610. The monoisotopic (exact) mass is 287 g/mol. The van der Waals surface area contributed by atoms with Crippen LogP contribution in [0.5, 0.6) is 0 Å². The summed E-state index contributed by atoms with van der Waals surface area (Å²) in [5.74, 6) is -0.148. The van der Waals surface area contributed by atoms with Crippen LogP contribution in [0.3, 0.4) is 0 Å². The third-order valence-corrected chi connectivity index (χ3v) is 3.10. The lowest BCUT2D eigenvalue weighted by molar-refractivity contribution is -0.151. The quantitative estimate of drug-likeness (QED) is 0.495. The zero-order valence-corrected chi connectivity index (χ0v) is 14.2. The molecule has 0 saturated carbocycles. The molecule has 0 fully saturated rings. The van der Waals surface area contributed by atoms with Gasteiger partial charge in [0.15, 0.2) is 0 Å². The van der Waals surface area contributed by atoms with Crippen molar-refractivity contribution in [1.82, 2.24) is 5.32 Å². The van der Waals surface area contributed by atoms with Crippen molar-refractivity contribution in [2.45, 2.75) is 78.4 Å². The maximum absolute atomic E-state index is 12.1. The van der Waals surface area contributed by atoms with Crippen molar-refractivity contribution in [3.8, 4) is 0 Å². The van der Waals surface area contributed by atoms with Crippen molar-refractivity contribution < 1.29 is 14.3 Å². The van der Waals surface area contributed by atoms with E-state index >= 15 is 0 Å². The van der Waals surface area contributed by atoms with Gasteiger partial charge >= 0.3 is 5.97 Å². The second-order valence-corrected chi connectivity index (χ2v) is 6.40. The average molecular weight is 287 g/mol. The van der Waals surface area contributed by atoms with Gasteiger partial charge in [0.2, 0.25) is 0 Å². The number of carbonyl (C=O) groups is 1. The Balaban J connectivity index is 4.19. The van der Waals surface area contributed by atoms with Gasteiger partial charge in [-0.1, -0.05) is 6.92 Å². The minimum Gasteiger partial charge on any atom is -0.465 e. The van der Waals surface area contributed by atoms with Crippen LogP contribution < -0.4 is 5.32 Å². The number of rotatable bonds is 10. The first kappa shape index (κ1) is 19.4. The van der Waals surface area contributed by atoms with E-state index in [1.807, 2.05) is 13.8 Å². The van der Waals surface area contributed by atoms with Crippen LogP contribution in [-0.4, -0.2) is 36.9 Å². The molecule has 0 amide bonds. The third kappa shape index (κ3) is 8.54. The van der Waals surface area contributed by atoms with E-state index in [1.54, 1.807) is 0 Å². The molecular weight excluding hydrogens is 254 g/mol. The lowest BCUT2D eigenvalue weighted by atomic mass is 9.94. The maximum atomic E-state index is 12.1. The van der Waals surface area contributed by atoms with Gasteiger partial charge in [0.25, 0.3) is 0 Å². The average Bonchev–Trinajstić information content (AvgIpc) is 2.35. The number of ether oxygens (including phenoxy) is 2. The van der Waals surface area contributed by atoms with Gasteiger partial charge in [0.1, 0.15) is 5.54 Å². The highest BCUT2D eigenvalue weighted by molar-refractivity contribution is 5.80. The van der Waals surface area contributed by atoms with E-state index in [9.17, 15) is 4.79 Å². The van der Waals surface area contributed by atoms with E-state index in [0.29, 0.717) is 6.61 Å². The summed E-state index contributed by atoms with van der Waals surface area (Å²) in [6.45, 7) is 14.0. The molecule has 0 bridgehead atoms. The Morgan fingerprint density at radius 3 is 2.25 bits per heavy atom. The molecule has 20 heavy (non-hydrogen) atoms. The number of unbranched alkanes of at least 4 members (excludes halogenated alkanes) is 1. The van der Waals surface area contributed by atoms with Crippen LogP contribution in [0.15, 0.2) is 0 Å². The molecule has 0 aliphatic rings. The van der Waals surface area contributed by atoms with E-state index in [-0.39, 0.29) is 11.6 Å². The van der Waals surface area contributed by atoms with Crippen molar-refractivity contribution in [3.05, 3.63) is 0 Å². The number of nitrogens with one attached hydrogen (secondary N) is 1. The molecular formula is C16H33NO3. The van der Waals surface area contributed by atoms with Gasteiger partial charge in [-0.15, -0.1) is 0 Å². The molecule has 0 radical (unpaired) electrons. The molecule has 0 aromatic heterocycles. The Kier molecular flexibility index (Phi) is 9.06. The number of esters is 1. The molecule has 0 rings (SSSR count). The first-order valence-electron chi connectivity index (χ1n) is 7.81. The smallest absolute Gasteiger partial charge is 0.326 e. The number of hydrogen-bond donors (Lipinski definition) is 1. The summed E-state index contributed by atoms with van der Waals surface area (Å²) < 4.78 is 10.9. The Labute approximate surface area is 124 Å². The third-order valence-electron chi connectivity index (χ3n) is 3.10. The highest BCUT2D eigenvalue weighted by Crippen LogP contribution is 2.17. The fourth-order valence-electron chi connectivity index (χ4n) is 1.91. The van der Waals surface area contributed by atoms with E-state index in [0.717, 1.165) is 38.8 Å². The molecule has 4 heteroatoms. The van der Waals surface area contributed by atoms with Crippen molar-refractivity contribution in [3.63, 3.8) is 0 Å². The van der Waals surface area contributed by atoms with Gasteiger partial charge in [0.05, 0.1) is 12.2 Å². The van der Waals surface area contributed by atoms with Crippen LogP contribution >= 0.6 is 0 Å². The Morgan fingerprint density at radius 2 is 1.75 bits per heavy atom. The summed E-state index contributed by atoms with van der Waals surface area (Å²) in [5.41, 5.74) is -0.668. The van der Waals surface area contributed by atoms with Gasteiger partial charge in [-0.2, -0.15) is 0 Å². The molecule has 0 heterocycles. The highest BCUT2D eigenvalue weighted by atomic mass is 16.5. The van der Waals surface area contributed by atoms with Crippen LogP contribution in [0.1, 0.15) is 67.2 Å². The van der Waals surface area contributed by atoms with Crippen LogP contribution in [0.4, 0.5) is 0 Å². The fourth-order valence-corrected chi connectivity index (χ4v) is 1.91. The predicted octanol–water partition coefficient (Wildman–Crippen LogP) is 3.29. The molecule has 0 spiro atoms. The second kappa shape index (κ2) is 9.35. The van der Waals surface area contributed by atoms with Crippen molar-refractivity contribution in [2.24, 2.45) is 0 Å². The summed E-state index contributed by atoms with van der Waals surface area (Å²) >= 11 is 0. The van der Waals surface area contributed by atoms with Gasteiger partial charge in [-0.3, -0.25) is 4.79 Å². The van der Waals surface area contributed by atoms with Gasteiger partial charge in [-0.05, 0) is 66.8 Å². The summed E-state index contributed by atoms with van der Waals surface area (Å²) in [7, 11) is 0. The molecule has 1 N–H and O–H groups in total. The van der Waals surface area contributed by atoms with Gasteiger partial charge < -0.3 is 14.8 Å². The normalized spacial score (nSPS) is 14.9. The van der Waals surface area contributed by atoms with Gasteiger partial charge in [0, 0.05) is 6.61 Å². The van der Waals surface area contributed by atoms with Crippen LogP contribution in [0.2, 0.25) is 0 Å². The molecule has 1 atom stereocenters. The lowest BCUT2D eigenvalue weighted by Gasteiger charge is -2.28. The highest BCUT2D eigenvalue weighted by Gasteiger charge is 2.33. The summed E-state index contributed by atoms with van der Waals surface area (Å²) in [6.07, 6.45) is 3.68. The minimum atomic E-state index is -0.576. The zero-order valence-electron chi connectivity index (χ0n) is 14.2. The Morgan fingerprint density at radius 1 is 1.10 bits per heavy atom. The first-order valence-corrected chi connectivity index (χ1v) is 7.81. The summed E-state index contributed by atoms with van der Waals surface area (Å²) in [4.78, 5) is 12.1. The molecule has 0 aromatic carbocycles. The molecule has 1 unspecified atom stereocenters. The van der Waals surface area contributed by atoms with E-state index in [1.165, 1.54) is 0 Å². The standard InChI is InChI=1S/C16H33NO3/c1-7-12-17-16(6,14(18)19-8-2)11-9-10-13-20-15(3,4)5/h17H,7-13H2,1-6H3. The van der Waals surface area contributed by atoms with E-state index < -0.39 is 5.54 Å². The first-order chi connectivity index (χ1) is 9.25. The molecule has 0 saturated heterocycles. The Bertz CT molecular complexity index is 273. The second-order valence-electron chi connectivity index (χ2n) is 6.40. The minimum absolute atomic E-state index is 0.0924. The predicted molar refractivity (Wildman–Crippen MR) is 82.9 cm³/mol. The van der Waals surface area contributed by atoms with Crippen molar-refractivity contribution in [1.29, 1.82) is 0 Å². The van der Waals surface area contributed by atoms with E-state index in [2.05, 4.69) is 33.0 Å². The van der Waals surface area contributed by atoms with Crippen LogP contribution in [-0.2, 0) is 14.3 Å². The van der Waals surface area contributed by atoms with Crippen LogP contribution in [0.25, 0.3) is 0 Å².